The van der Waals surface area contributed by atoms with Crippen LogP contribution < -0.4 is 10.6 Å². The molecule has 0 unspecified atom stereocenters. The van der Waals surface area contributed by atoms with Gasteiger partial charge in [-0.3, -0.25) is 9.67 Å². The molecule has 0 radical (unpaired) electrons. The van der Waals surface area contributed by atoms with E-state index in [1.54, 1.807) is 0 Å². The zero-order valence-electron chi connectivity index (χ0n) is 12.9. The summed E-state index contributed by atoms with van der Waals surface area (Å²) < 4.78 is 1.85. The number of hydrogen-bond donors (Lipinski definition) is 1. The zero-order valence-corrected chi connectivity index (χ0v) is 12.9. The normalized spacial score (nSPS) is 11.1. The van der Waals surface area contributed by atoms with Gasteiger partial charge in [0.2, 0.25) is 0 Å². The number of pyridine rings is 1. The van der Waals surface area contributed by atoms with E-state index in [0.717, 1.165) is 28.6 Å². The molecule has 2 rings (SSSR count). The van der Waals surface area contributed by atoms with E-state index in [-0.39, 0.29) is 0 Å². The minimum absolute atomic E-state index is 0.320. The van der Waals surface area contributed by atoms with Crippen molar-refractivity contribution in [1.82, 2.24) is 14.8 Å². The lowest BCUT2D eigenvalue weighted by atomic mass is 10.1. The molecule has 0 aliphatic carbocycles. The Labute approximate surface area is 120 Å². The highest BCUT2D eigenvalue weighted by Gasteiger charge is 2.19. The van der Waals surface area contributed by atoms with Crippen LogP contribution in [0.15, 0.2) is 18.2 Å². The quantitative estimate of drug-likeness (QED) is 0.929. The smallest absolute Gasteiger partial charge is 0.150 e. The molecular weight excluding hydrogens is 250 g/mol. The number of aromatic nitrogens is 3. The van der Waals surface area contributed by atoms with Crippen LogP contribution in [0.25, 0.3) is 0 Å². The first-order valence-electron chi connectivity index (χ1n) is 6.86. The summed E-state index contributed by atoms with van der Waals surface area (Å²) in [5.74, 6) is 1.26. The Morgan fingerprint density at radius 1 is 1.35 bits per heavy atom. The van der Waals surface area contributed by atoms with Crippen LogP contribution >= 0.6 is 0 Å². The van der Waals surface area contributed by atoms with E-state index >= 15 is 0 Å². The van der Waals surface area contributed by atoms with Crippen LogP contribution in [0.2, 0.25) is 0 Å². The van der Waals surface area contributed by atoms with Crippen molar-refractivity contribution in [2.24, 2.45) is 7.05 Å². The van der Waals surface area contributed by atoms with Gasteiger partial charge in [0.15, 0.2) is 5.82 Å². The lowest BCUT2D eigenvalue weighted by molar-refractivity contribution is 0.696. The molecule has 108 valence electrons. The third kappa shape index (κ3) is 2.76. The topological polar surface area (TPSA) is 60.0 Å². The number of anilines is 2. The molecule has 0 aliphatic heterocycles. The molecule has 2 heterocycles. The molecule has 5 nitrogen and oxygen atoms in total. The van der Waals surface area contributed by atoms with Gasteiger partial charge in [0, 0.05) is 19.8 Å². The average molecular weight is 273 g/mol. The fourth-order valence-corrected chi connectivity index (χ4v) is 2.44. The second-order valence-corrected chi connectivity index (χ2v) is 5.53. The summed E-state index contributed by atoms with van der Waals surface area (Å²) >= 11 is 0. The summed E-state index contributed by atoms with van der Waals surface area (Å²) in [6.07, 6.45) is 0. The molecule has 0 saturated carbocycles. The van der Waals surface area contributed by atoms with E-state index < -0.39 is 0 Å². The number of nitrogens with zero attached hydrogens (tertiary/aromatic N) is 4. The average Bonchev–Trinajstić information content (AvgIpc) is 2.65. The monoisotopic (exact) mass is 273 g/mol. The summed E-state index contributed by atoms with van der Waals surface area (Å²) in [4.78, 5) is 6.62. The Kier molecular flexibility index (Phi) is 3.97. The summed E-state index contributed by atoms with van der Waals surface area (Å²) in [6, 6.07) is 6.05. The minimum atomic E-state index is 0.320. The number of aryl methyl sites for hydroxylation is 2. The molecule has 0 aromatic carbocycles. The molecule has 0 saturated heterocycles. The predicted molar refractivity (Wildman–Crippen MR) is 82.8 cm³/mol. The van der Waals surface area contributed by atoms with E-state index in [0.29, 0.717) is 12.5 Å². The van der Waals surface area contributed by atoms with Crippen molar-refractivity contribution in [3.63, 3.8) is 0 Å². The van der Waals surface area contributed by atoms with Crippen LogP contribution in [0.4, 0.5) is 11.5 Å². The molecule has 0 amide bonds. The number of hydrogen-bond acceptors (Lipinski definition) is 4. The molecule has 0 spiro atoms. The van der Waals surface area contributed by atoms with Crippen molar-refractivity contribution in [3.8, 4) is 0 Å². The Bertz CT molecular complexity index is 600. The Hall–Kier alpha value is -2.04. The van der Waals surface area contributed by atoms with Gasteiger partial charge in [-0.15, -0.1) is 0 Å². The van der Waals surface area contributed by atoms with E-state index in [1.807, 2.05) is 43.9 Å². The van der Waals surface area contributed by atoms with Gasteiger partial charge in [-0.05, 0) is 25.0 Å². The van der Waals surface area contributed by atoms with Gasteiger partial charge in [-0.25, -0.2) is 0 Å². The molecule has 5 heteroatoms. The van der Waals surface area contributed by atoms with Crippen LogP contribution in [0.5, 0.6) is 0 Å². The van der Waals surface area contributed by atoms with Gasteiger partial charge < -0.3 is 10.6 Å². The molecule has 2 N–H and O–H groups in total. The number of nitrogens with two attached hydrogens (primary N) is 1. The maximum atomic E-state index is 6.24. The van der Waals surface area contributed by atoms with E-state index in [2.05, 4.69) is 28.8 Å². The summed E-state index contributed by atoms with van der Waals surface area (Å²) in [5.41, 5.74) is 10.0. The van der Waals surface area contributed by atoms with Gasteiger partial charge in [-0.2, -0.15) is 5.10 Å². The lowest BCUT2D eigenvalue weighted by Gasteiger charge is -2.19. The SMILES string of the molecule is Cc1cccc(CN(C)c2c(N)c(C(C)C)nn2C)n1. The first-order valence-corrected chi connectivity index (χ1v) is 6.86. The molecular formula is C15H23N5. The highest BCUT2D eigenvalue weighted by Crippen LogP contribution is 2.30. The number of rotatable bonds is 4. The Morgan fingerprint density at radius 3 is 2.60 bits per heavy atom. The van der Waals surface area contributed by atoms with Gasteiger partial charge in [-0.1, -0.05) is 19.9 Å². The Morgan fingerprint density at radius 2 is 2.05 bits per heavy atom. The van der Waals surface area contributed by atoms with Crippen LogP contribution in [0.3, 0.4) is 0 Å². The third-order valence-electron chi connectivity index (χ3n) is 3.33. The van der Waals surface area contributed by atoms with Crippen LogP contribution in [-0.2, 0) is 13.6 Å². The summed E-state index contributed by atoms with van der Waals surface area (Å²) in [6.45, 7) is 6.91. The van der Waals surface area contributed by atoms with Crippen LogP contribution in [-0.4, -0.2) is 21.8 Å². The first-order chi connectivity index (χ1) is 9.40. The van der Waals surface area contributed by atoms with Gasteiger partial charge in [0.25, 0.3) is 0 Å². The van der Waals surface area contributed by atoms with E-state index in [1.165, 1.54) is 0 Å². The standard InChI is InChI=1S/C15H23N5/c1-10(2)14-13(16)15(20(5)18-14)19(4)9-12-8-6-7-11(3)17-12/h6-8,10H,9,16H2,1-5H3. The fraction of sp³-hybridized carbons (Fsp3) is 0.467. The van der Waals surface area contributed by atoms with Crippen molar-refractivity contribution < 1.29 is 0 Å². The second kappa shape index (κ2) is 5.53. The third-order valence-corrected chi connectivity index (χ3v) is 3.33. The van der Waals surface area contributed by atoms with Crippen molar-refractivity contribution in [3.05, 3.63) is 35.3 Å². The summed E-state index contributed by atoms with van der Waals surface area (Å²) in [7, 11) is 3.94. The second-order valence-electron chi connectivity index (χ2n) is 5.53. The molecule has 20 heavy (non-hydrogen) atoms. The van der Waals surface area contributed by atoms with E-state index in [4.69, 9.17) is 5.73 Å². The van der Waals surface area contributed by atoms with Gasteiger partial charge in [0.1, 0.15) is 0 Å². The van der Waals surface area contributed by atoms with Crippen molar-refractivity contribution in [2.75, 3.05) is 17.7 Å². The van der Waals surface area contributed by atoms with Gasteiger partial charge in [0.05, 0.1) is 23.6 Å². The number of nitrogen functional groups attached to an aromatic ring is 1. The summed E-state index contributed by atoms with van der Waals surface area (Å²) in [5, 5.41) is 4.52. The van der Waals surface area contributed by atoms with Crippen molar-refractivity contribution >= 4 is 11.5 Å². The predicted octanol–water partition coefficient (Wildman–Crippen LogP) is 2.47. The Balaban J connectivity index is 2.27. The van der Waals surface area contributed by atoms with Gasteiger partial charge >= 0.3 is 0 Å². The van der Waals surface area contributed by atoms with Crippen molar-refractivity contribution in [1.29, 1.82) is 0 Å². The van der Waals surface area contributed by atoms with E-state index in [9.17, 15) is 0 Å². The fourth-order valence-electron chi connectivity index (χ4n) is 2.44. The van der Waals surface area contributed by atoms with Crippen molar-refractivity contribution in [2.45, 2.75) is 33.2 Å². The molecule has 2 aromatic heterocycles. The largest absolute Gasteiger partial charge is 0.394 e. The molecule has 0 atom stereocenters. The molecule has 0 bridgehead atoms. The molecule has 2 aromatic rings. The minimum Gasteiger partial charge on any atom is -0.394 e. The lowest BCUT2D eigenvalue weighted by Crippen LogP contribution is -2.21. The molecule has 0 fully saturated rings. The maximum absolute atomic E-state index is 6.24. The highest BCUT2D eigenvalue weighted by atomic mass is 15.4. The first kappa shape index (κ1) is 14.4. The van der Waals surface area contributed by atoms with Crippen LogP contribution in [0, 0.1) is 6.92 Å². The maximum Gasteiger partial charge on any atom is 0.150 e. The molecule has 0 aliphatic rings. The highest BCUT2D eigenvalue weighted by molar-refractivity contribution is 5.66. The zero-order chi connectivity index (χ0) is 14.9. The van der Waals surface area contributed by atoms with Crippen LogP contribution in [0.1, 0.15) is 36.8 Å².